The molecule has 2 aliphatic rings. The number of nitrogens with one attached hydrogen (secondary N) is 1. The van der Waals surface area contributed by atoms with Crippen LogP contribution in [0.25, 0.3) is 17.0 Å². The van der Waals surface area contributed by atoms with Crippen LogP contribution in [0, 0.1) is 13.8 Å². The number of aryl methyl sites for hydroxylation is 2. The Balaban J connectivity index is 1.56. The highest BCUT2D eigenvalue weighted by Crippen LogP contribution is 2.38. The molecular weight excluding hydrogens is 444 g/mol. The number of carbonyl (C=O) groups excluding carboxylic acids is 1. The van der Waals surface area contributed by atoms with Crippen LogP contribution in [-0.4, -0.2) is 47.4 Å². The molecule has 35 heavy (non-hydrogen) atoms. The lowest BCUT2D eigenvalue weighted by Gasteiger charge is -2.36. The van der Waals surface area contributed by atoms with E-state index in [1.807, 2.05) is 37.3 Å². The number of carbonyl (C=O) groups is 1. The van der Waals surface area contributed by atoms with Crippen molar-refractivity contribution in [3.05, 3.63) is 70.7 Å². The quantitative estimate of drug-likeness (QED) is 0.538. The molecular formula is C27H30N4O4. The molecule has 1 aromatic heterocycles. The zero-order valence-corrected chi connectivity index (χ0v) is 20.5. The van der Waals surface area contributed by atoms with E-state index in [9.17, 15) is 4.79 Å². The molecule has 8 heteroatoms. The van der Waals surface area contributed by atoms with E-state index in [1.165, 1.54) is 5.56 Å². The molecule has 2 unspecified atom stereocenters. The zero-order chi connectivity index (χ0) is 24.5. The summed E-state index contributed by atoms with van der Waals surface area (Å²) in [5, 5.41) is 7.42. The van der Waals surface area contributed by atoms with Crippen LogP contribution < -0.4 is 10.1 Å². The topological polar surface area (TPSA) is 89.7 Å². The highest BCUT2D eigenvalue weighted by atomic mass is 16.5. The van der Waals surface area contributed by atoms with E-state index in [0.717, 1.165) is 53.2 Å². The van der Waals surface area contributed by atoms with Gasteiger partial charge in [0.15, 0.2) is 0 Å². The number of hydrogen-bond donors (Lipinski definition) is 1. The first-order valence-electron chi connectivity index (χ1n) is 11.9. The summed E-state index contributed by atoms with van der Waals surface area (Å²) in [7, 11) is 1.63. The number of urea groups is 1. The summed E-state index contributed by atoms with van der Waals surface area (Å²) in [4.78, 5) is 19.7. The van der Waals surface area contributed by atoms with Crippen molar-refractivity contribution in [2.24, 2.45) is 0 Å². The highest BCUT2D eigenvalue weighted by Gasteiger charge is 2.37. The number of rotatable bonds is 6. The van der Waals surface area contributed by atoms with Crippen molar-refractivity contribution in [2.45, 2.75) is 45.8 Å². The summed E-state index contributed by atoms with van der Waals surface area (Å²) in [5.41, 5.74) is 5.71. The Kier molecular flexibility index (Phi) is 6.30. The van der Waals surface area contributed by atoms with Gasteiger partial charge < -0.3 is 19.3 Å². The van der Waals surface area contributed by atoms with E-state index in [2.05, 4.69) is 36.5 Å². The molecule has 182 valence electrons. The van der Waals surface area contributed by atoms with Crippen molar-refractivity contribution in [3.63, 3.8) is 0 Å². The van der Waals surface area contributed by atoms with Crippen LogP contribution in [0.15, 0.2) is 52.7 Å². The molecule has 0 bridgehead atoms. The second-order valence-electron chi connectivity index (χ2n) is 9.12. The summed E-state index contributed by atoms with van der Waals surface area (Å²) < 4.78 is 16.8. The molecule has 1 N–H and O–H groups in total. The number of allylic oxidation sites excluding steroid dienone is 1. The largest absolute Gasteiger partial charge is 0.497 e. The molecule has 2 aromatic carbocycles. The molecule has 8 nitrogen and oxygen atoms in total. The van der Waals surface area contributed by atoms with Gasteiger partial charge in [-0.05, 0) is 74.6 Å². The minimum atomic E-state index is -0.410. The fraction of sp³-hybridized carbons (Fsp3) is 0.370. The molecule has 5 rings (SSSR count). The van der Waals surface area contributed by atoms with Gasteiger partial charge >= 0.3 is 6.03 Å². The number of nitrogens with zero attached hydrogens (tertiary/aromatic N) is 3. The van der Waals surface area contributed by atoms with Gasteiger partial charge in [0, 0.05) is 17.9 Å². The third-order valence-electron chi connectivity index (χ3n) is 6.88. The Morgan fingerprint density at radius 3 is 2.60 bits per heavy atom. The van der Waals surface area contributed by atoms with E-state index in [-0.39, 0.29) is 12.1 Å². The molecule has 2 atom stereocenters. The van der Waals surface area contributed by atoms with E-state index in [0.29, 0.717) is 18.3 Å². The smallest absolute Gasteiger partial charge is 0.322 e. The lowest BCUT2D eigenvalue weighted by molar-refractivity contribution is 0.0877. The molecule has 2 amide bonds. The van der Waals surface area contributed by atoms with Crippen molar-refractivity contribution in [1.82, 2.24) is 20.4 Å². The van der Waals surface area contributed by atoms with Crippen LogP contribution >= 0.6 is 0 Å². The van der Waals surface area contributed by atoms with E-state index >= 15 is 0 Å². The van der Waals surface area contributed by atoms with Gasteiger partial charge in [-0.15, -0.1) is 0 Å². The van der Waals surface area contributed by atoms with Gasteiger partial charge in [0.2, 0.25) is 5.82 Å². The van der Waals surface area contributed by atoms with Crippen molar-refractivity contribution in [3.8, 4) is 17.1 Å². The number of aromatic nitrogens is 2. The molecule has 0 saturated carbocycles. The molecule has 0 radical (unpaired) electrons. The molecule has 2 aliphatic heterocycles. The first kappa shape index (κ1) is 23.1. The van der Waals surface area contributed by atoms with Crippen LogP contribution in [0.5, 0.6) is 5.75 Å². The van der Waals surface area contributed by atoms with Crippen LogP contribution in [0.1, 0.15) is 48.4 Å². The van der Waals surface area contributed by atoms with Gasteiger partial charge in [-0.1, -0.05) is 23.4 Å². The highest BCUT2D eigenvalue weighted by molar-refractivity contribution is 5.87. The van der Waals surface area contributed by atoms with Gasteiger partial charge in [-0.3, -0.25) is 4.90 Å². The van der Waals surface area contributed by atoms with Crippen LogP contribution in [-0.2, 0) is 4.74 Å². The third kappa shape index (κ3) is 4.53. The Bertz CT molecular complexity index is 1260. The minimum Gasteiger partial charge on any atom is -0.497 e. The number of ether oxygens (including phenoxy) is 2. The molecule has 0 spiro atoms. The minimum absolute atomic E-state index is 0.0210. The number of benzene rings is 2. The van der Waals surface area contributed by atoms with Crippen molar-refractivity contribution >= 4 is 11.6 Å². The lowest BCUT2D eigenvalue weighted by atomic mass is 9.92. The van der Waals surface area contributed by atoms with E-state index in [4.69, 9.17) is 19.0 Å². The summed E-state index contributed by atoms with van der Waals surface area (Å²) in [6.45, 7) is 7.30. The summed E-state index contributed by atoms with van der Waals surface area (Å²) in [5.74, 6) is 1.61. The molecule has 1 saturated heterocycles. The maximum absolute atomic E-state index is 13.2. The van der Waals surface area contributed by atoms with Gasteiger partial charge in [0.1, 0.15) is 5.75 Å². The number of amides is 2. The average molecular weight is 475 g/mol. The van der Waals surface area contributed by atoms with Crippen LogP contribution in [0.4, 0.5) is 4.79 Å². The third-order valence-corrected chi connectivity index (χ3v) is 6.88. The normalized spacial score (nSPS) is 20.3. The Morgan fingerprint density at radius 1 is 1.11 bits per heavy atom. The summed E-state index contributed by atoms with van der Waals surface area (Å²) >= 11 is 0. The van der Waals surface area contributed by atoms with E-state index in [1.54, 1.807) is 12.0 Å². The second-order valence-corrected chi connectivity index (χ2v) is 9.12. The fourth-order valence-electron chi connectivity index (χ4n) is 4.65. The summed E-state index contributed by atoms with van der Waals surface area (Å²) in [6, 6.07) is 13.1. The van der Waals surface area contributed by atoms with Gasteiger partial charge in [0.05, 0.1) is 31.4 Å². The van der Waals surface area contributed by atoms with Crippen LogP contribution in [0.2, 0.25) is 0 Å². The SMILES string of the molecule is COc1ccc(-c2noc(C3=C(C)N(CC4CCCO4)C(=O)NC3c3ccc(C)c(C)c3)n2)cc1. The Morgan fingerprint density at radius 2 is 1.91 bits per heavy atom. The van der Waals surface area contributed by atoms with Gasteiger partial charge in [-0.2, -0.15) is 4.98 Å². The maximum Gasteiger partial charge on any atom is 0.322 e. The van der Waals surface area contributed by atoms with Gasteiger partial charge in [0.25, 0.3) is 5.89 Å². The van der Waals surface area contributed by atoms with Crippen molar-refractivity contribution < 1.29 is 18.8 Å². The molecule has 1 fully saturated rings. The molecule has 0 aliphatic carbocycles. The summed E-state index contributed by atoms with van der Waals surface area (Å²) in [6.07, 6.45) is 1.97. The van der Waals surface area contributed by atoms with Crippen LogP contribution in [0.3, 0.4) is 0 Å². The first-order chi connectivity index (χ1) is 16.9. The van der Waals surface area contributed by atoms with E-state index < -0.39 is 6.04 Å². The number of methoxy groups -OCH3 is 1. The Hall–Kier alpha value is -3.65. The van der Waals surface area contributed by atoms with Crippen molar-refractivity contribution in [2.75, 3.05) is 20.3 Å². The zero-order valence-electron chi connectivity index (χ0n) is 20.5. The molecule has 3 aromatic rings. The Labute approximate surface area is 204 Å². The second kappa shape index (κ2) is 9.54. The van der Waals surface area contributed by atoms with Gasteiger partial charge in [-0.25, -0.2) is 4.79 Å². The predicted molar refractivity (Wildman–Crippen MR) is 132 cm³/mol. The number of hydrogen-bond acceptors (Lipinski definition) is 6. The predicted octanol–water partition coefficient (Wildman–Crippen LogP) is 5.04. The lowest BCUT2D eigenvalue weighted by Crippen LogP contribution is -2.48. The first-order valence-corrected chi connectivity index (χ1v) is 11.9. The fourth-order valence-corrected chi connectivity index (χ4v) is 4.65. The monoisotopic (exact) mass is 474 g/mol. The molecule has 3 heterocycles. The standard InChI is InChI=1S/C27H30N4O4/c1-16-7-8-20(14-17(16)2)24-23(18(3)31(27(32)28-24)15-22-6-5-13-34-22)26-29-25(30-35-26)19-9-11-21(33-4)12-10-19/h7-12,14,22,24H,5-6,13,15H2,1-4H3,(H,28,32). The maximum atomic E-state index is 13.2. The average Bonchev–Trinajstić information content (AvgIpc) is 3.56. The van der Waals surface area contributed by atoms with Crippen molar-refractivity contribution in [1.29, 1.82) is 0 Å².